The largest absolute Gasteiger partial charge is 0.378 e. The van der Waals surface area contributed by atoms with Crippen LogP contribution in [0.5, 0.6) is 0 Å². The molecule has 0 radical (unpaired) electrons. The highest BCUT2D eigenvalue weighted by atomic mass is 32.2. The third-order valence-electron chi connectivity index (χ3n) is 3.25. The molecule has 1 fully saturated rings. The molecule has 2 rings (SSSR count). The van der Waals surface area contributed by atoms with Crippen LogP contribution in [0.2, 0.25) is 0 Å². The van der Waals surface area contributed by atoms with E-state index in [2.05, 4.69) is 0 Å². The Labute approximate surface area is 118 Å². The lowest BCUT2D eigenvalue weighted by atomic mass is 10.1. The van der Waals surface area contributed by atoms with Crippen molar-refractivity contribution in [1.82, 2.24) is 4.90 Å². The summed E-state index contributed by atoms with van der Waals surface area (Å²) in [5.41, 5.74) is 0.580. The number of rotatable bonds is 4. The van der Waals surface area contributed by atoms with Crippen molar-refractivity contribution in [1.29, 1.82) is 0 Å². The van der Waals surface area contributed by atoms with Gasteiger partial charge in [-0.2, -0.15) is 0 Å². The van der Waals surface area contributed by atoms with Crippen LogP contribution >= 0.6 is 0 Å². The number of nitrogens with zero attached hydrogens (tertiary/aromatic N) is 1. The molecule has 1 aliphatic heterocycles. The van der Waals surface area contributed by atoms with Crippen molar-refractivity contribution in [2.24, 2.45) is 5.14 Å². The Morgan fingerprint density at radius 1 is 1.25 bits per heavy atom. The molecule has 6 nitrogen and oxygen atoms in total. The standard InChI is InChI=1S/C13H18N2O4S/c14-20(17,18)12-4-2-1-3-11(12)5-6-13(16)15-7-9-19-10-8-15/h1-4H,5-10H2,(H2,14,17,18). The number of hydrogen-bond acceptors (Lipinski definition) is 4. The molecule has 2 N–H and O–H groups in total. The number of carbonyl (C=O) groups is 1. The third kappa shape index (κ3) is 3.78. The Kier molecular flexibility index (Phi) is 4.74. The van der Waals surface area contributed by atoms with Gasteiger partial charge in [0.15, 0.2) is 0 Å². The Hall–Kier alpha value is -1.44. The zero-order valence-corrected chi connectivity index (χ0v) is 11.9. The summed E-state index contributed by atoms with van der Waals surface area (Å²) in [4.78, 5) is 13.9. The summed E-state index contributed by atoms with van der Waals surface area (Å²) in [7, 11) is -3.75. The zero-order chi connectivity index (χ0) is 14.6. The number of hydrogen-bond donors (Lipinski definition) is 1. The average Bonchev–Trinajstić information content (AvgIpc) is 2.45. The highest BCUT2D eigenvalue weighted by Crippen LogP contribution is 2.16. The molecule has 20 heavy (non-hydrogen) atoms. The molecule has 0 spiro atoms. The van der Waals surface area contributed by atoms with Gasteiger partial charge in [0.2, 0.25) is 15.9 Å². The minimum Gasteiger partial charge on any atom is -0.378 e. The minimum absolute atomic E-state index is 0.0116. The lowest BCUT2D eigenvalue weighted by molar-refractivity contribution is -0.135. The molecule has 0 saturated carbocycles. The highest BCUT2D eigenvalue weighted by Gasteiger charge is 2.18. The molecule has 1 amide bonds. The number of primary sulfonamides is 1. The van der Waals surface area contributed by atoms with Gasteiger partial charge in [-0.05, 0) is 18.1 Å². The first kappa shape index (κ1) is 15.0. The molecule has 0 bridgehead atoms. The molecule has 0 aliphatic carbocycles. The average molecular weight is 298 g/mol. The maximum absolute atomic E-state index is 12.0. The van der Waals surface area contributed by atoms with Gasteiger partial charge in [0.25, 0.3) is 0 Å². The smallest absolute Gasteiger partial charge is 0.238 e. The van der Waals surface area contributed by atoms with Gasteiger partial charge in [0.05, 0.1) is 18.1 Å². The van der Waals surface area contributed by atoms with E-state index in [0.717, 1.165) is 0 Å². The van der Waals surface area contributed by atoms with Crippen molar-refractivity contribution in [2.45, 2.75) is 17.7 Å². The van der Waals surface area contributed by atoms with Crippen LogP contribution in [0.4, 0.5) is 0 Å². The molecule has 0 atom stereocenters. The van der Waals surface area contributed by atoms with Gasteiger partial charge in [0.1, 0.15) is 0 Å². The molecule has 110 valence electrons. The SMILES string of the molecule is NS(=O)(=O)c1ccccc1CCC(=O)N1CCOCC1. The first-order chi connectivity index (χ1) is 9.48. The lowest BCUT2D eigenvalue weighted by Crippen LogP contribution is -2.40. The van der Waals surface area contributed by atoms with Gasteiger partial charge in [-0.15, -0.1) is 0 Å². The van der Waals surface area contributed by atoms with Crippen LogP contribution in [0.15, 0.2) is 29.2 Å². The predicted molar refractivity (Wildman–Crippen MR) is 73.5 cm³/mol. The first-order valence-electron chi connectivity index (χ1n) is 6.45. The van der Waals surface area contributed by atoms with Gasteiger partial charge in [-0.3, -0.25) is 4.79 Å². The fourth-order valence-electron chi connectivity index (χ4n) is 2.20. The number of nitrogens with two attached hydrogens (primary N) is 1. The van der Waals surface area contributed by atoms with E-state index >= 15 is 0 Å². The van der Waals surface area contributed by atoms with E-state index in [1.54, 1.807) is 23.1 Å². The van der Waals surface area contributed by atoms with Crippen molar-refractivity contribution in [3.8, 4) is 0 Å². The van der Waals surface area contributed by atoms with E-state index in [9.17, 15) is 13.2 Å². The number of morpholine rings is 1. The third-order valence-corrected chi connectivity index (χ3v) is 4.26. The molecule has 1 heterocycles. The van der Waals surface area contributed by atoms with Crippen LogP contribution < -0.4 is 5.14 Å². The number of ether oxygens (including phenoxy) is 1. The maximum Gasteiger partial charge on any atom is 0.238 e. The Morgan fingerprint density at radius 2 is 1.90 bits per heavy atom. The van der Waals surface area contributed by atoms with Crippen LogP contribution in [0.25, 0.3) is 0 Å². The fourth-order valence-corrected chi connectivity index (χ4v) is 3.00. The van der Waals surface area contributed by atoms with Crippen LogP contribution in [0.3, 0.4) is 0 Å². The van der Waals surface area contributed by atoms with E-state index < -0.39 is 10.0 Å². The summed E-state index contributed by atoms with van der Waals surface area (Å²) >= 11 is 0. The second-order valence-electron chi connectivity index (χ2n) is 4.65. The second kappa shape index (κ2) is 6.34. The highest BCUT2D eigenvalue weighted by molar-refractivity contribution is 7.89. The van der Waals surface area contributed by atoms with Gasteiger partial charge >= 0.3 is 0 Å². The van der Waals surface area contributed by atoms with Gasteiger partial charge < -0.3 is 9.64 Å². The Balaban J connectivity index is 2.02. The summed E-state index contributed by atoms with van der Waals surface area (Å²) in [6, 6.07) is 6.51. The zero-order valence-electron chi connectivity index (χ0n) is 11.1. The van der Waals surface area contributed by atoms with Crippen LogP contribution in [0.1, 0.15) is 12.0 Å². The summed E-state index contributed by atoms with van der Waals surface area (Å²) in [5, 5.41) is 5.17. The van der Waals surface area contributed by atoms with Crippen LogP contribution in [0, 0.1) is 0 Å². The second-order valence-corrected chi connectivity index (χ2v) is 6.18. The number of benzene rings is 1. The number of carbonyl (C=O) groups excluding carboxylic acids is 1. The Bertz CT molecular complexity index is 580. The van der Waals surface area contributed by atoms with E-state index in [-0.39, 0.29) is 17.2 Å². The molecule has 1 aliphatic rings. The maximum atomic E-state index is 12.0. The van der Waals surface area contributed by atoms with Gasteiger partial charge in [0, 0.05) is 19.5 Å². The minimum atomic E-state index is -3.75. The molecule has 1 saturated heterocycles. The van der Waals surface area contributed by atoms with Crippen molar-refractivity contribution >= 4 is 15.9 Å². The van der Waals surface area contributed by atoms with E-state index in [1.165, 1.54) is 6.07 Å². The van der Waals surface area contributed by atoms with Gasteiger partial charge in [-0.25, -0.2) is 13.6 Å². The molecule has 0 aromatic heterocycles. The predicted octanol–water partition coefficient (Wildman–Crippen LogP) is 0.125. The molecule has 0 unspecified atom stereocenters. The van der Waals surface area contributed by atoms with Crippen LogP contribution in [-0.4, -0.2) is 45.5 Å². The first-order valence-corrected chi connectivity index (χ1v) is 7.99. The van der Waals surface area contributed by atoms with Gasteiger partial charge in [-0.1, -0.05) is 18.2 Å². The molecule has 7 heteroatoms. The Morgan fingerprint density at radius 3 is 2.55 bits per heavy atom. The normalized spacial score (nSPS) is 16.1. The number of amides is 1. The lowest BCUT2D eigenvalue weighted by Gasteiger charge is -2.26. The number of sulfonamides is 1. The van der Waals surface area contributed by atoms with E-state index in [1.807, 2.05) is 0 Å². The van der Waals surface area contributed by atoms with E-state index in [0.29, 0.717) is 38.3 Å². The van der Waals surface area contributed by atoms with E-state index in [4.69, 9.17) is 9.88 Å². The van der Waals surface area contributed by atoms with Crippen molar-refractivity contribution in [3.05, 3.63) is 29.8 Å². The topological polar surface area (TPSA) is 89.7 Å². The summed E-state index contributed by atoms with van der Waals surface area (Å²) in [6.07, 6.45) is 0.634. The molecule has 1 aromatic rings. The van der Waals surface area contributed by atoms with Crippen molar-refractivity contribution < 1.29 is 17.9 Å². The van der Waals surface area contributed by atoms with Crippen molar-refractivity contribution in [2.75, 3.05) is 26.3 Å². The summed E-state index contributed by atoms with van der Waals surface area (Å²) in [6.45, 7) is 2.30. The quantitative estimate of drug-likeness (QED) is 0.855. The monoisotopic (exact) mass is 298 g/mol. The van der Waals surface area contributed by atoms with Crippen molar-refractivity contribution in [3.63, 3.8) is 0 Å². The molecule has 1 aromatic carbocycles. The molecular formula is C13H18N2O4S. The summed E-state index contributed by atoms with van der Waals surface area (Å²) in [5.74, 6) is 0.0116. The molecular weight excluding hydrogens is 280 g/mol. The fraction of sp³-hybridized carbons (Fsp3) is 0.462. The summed E-state index contributed by atoms with van der Waals surface area (Å²) < 4.78 is 28.1. The number of aryl methyl sites for hydroxylation is 1. The van der Waals surface area contributed by atoms with Crippen LogP contribution in [-0.2, 0) is 26.0 Å².